The van der Waals surface area contributed by atoms with Crippen molar-refractivity contribution in [1.82, 2.24) is 5.32 Å². The minimum Gasteiger partial charge on any atom is -0.389 e. The van der Waals surface area contributed by atoms with E-state index >= 15 is 0 Å². The molecule has 4 heteroatoms. The molecule has 1 aliphatic rings. The number of nitrogens with one attached hydrogen (secondary N) is 1. The van der Waals surface area contributed by atoms with Crippen molar-refractivity contribution in [1.29, 1.82) is 0 Å². The molecule has 0 saturated heterocycles. The van der Waals surface area contributed by atoms with Gasteiger partial charge in [-0.15, -0.1) is 11.3 Å². The summed E-state index contributed by atoms with van der Waals surface area (Å²) in [6.07, 6.45) is 5.00. The Morgan fingerprint density at radius 1 is 1.40 bits per heavy atom. The van der Waals surface area contributed by atoms with Gasteiger partial charge in [-0.05, 0) is 24.3 Å². The molecule has 20 heavy (non-hydrogen) atoms. The standard InChI is InChI=1S/C16H25NO2S/c1-15(2,13-7-6-10-20-13)12-17-14(18)11-16(19)8-4-3-5-9-16/h6-7,10,19H,3-5,8-9,11-12H2,1-2H3,(H,17,18). The van der Waals surface area contributed by atoms with Crippen LogP contribution >= 0.6 is 11.3 Å². The van der Waals surface area contributed by atoms with E-state index in [1.165, 1.54) is 11.3 Å². The molecule has 112 valence electrons. The summed E-state index contributed by atoms with van der Waals surface area (Å²) in [5.74, 6) is -0.0287. The Kier molecular flexibility index (Phi) is 4.86. The van der Waals surface area contributed by atoms with Crippen LogP contribution < -0.4 is 5.32 Å². The molecule has 1 saturated carbocycles. The molecular formula is C16H25NO2S. The van der Waals surface area contributed by atoms with Crippen molar-refractivity contribution in [2.24, 2.45) is 0 Å². The first-order valence-electron chi connectivity index (χ1n) is 7.44. The summed E-state index contributed by atoms with van der Waals surface area (Å²) in [6.45, 7) is 4.88. The van der Waals surface area contributed by atoms with Gasteiger partial charge in [0.25, 0.3) is 0 Å². The van der Waals surface area contributed by atoms with Gasteiger partial charge in [-0.25, -0.2) is 0 Å². The van der Waals surface area contributed by atoms with Crippen LogP contribution in [0, 0.1) is 0 Å². The highest BCUT2D eigenvalue weighted by molar-refractivity contribution is 7.10. The molecule has 0 aliphatic heterocycles. The van der Waals surface area contributed by atoms with Crippen LogP contribution in [-0.4, -0.2) is 23.2 Å². The van der Waals surface area contributed by atoms with Crippen LogP contribution in [0.15, 0.2) is 17.5 Å². The maximum atomic E-state index is 12.1. The number of thiophene rings is 1. The van der Waals surface area contributed by atoms with Gasteiger partial charge in [-0.1, -0.05) is 39.2 Å². The van der Waals surface area contributed by atoms with Crippen LogP contribution in [0.3, 0.4) is 0 Å². The fraction of sp³-hybridized carbons (Fsp3) is 0.688. The van der Waals surface area contributed by atoms with Crippen LogP contribution in [0.4, 0.5) is 0 Å². The molecular weight excluding hydrogens is 270 g/mol. The molecule has 0 radical (unpaired) electrons. The highest BCUT2D eigenvalue weighted by Gasteiger charge is 2.32. The zero-order valence-electron chi connectivity index (χ0n) is 12.4. The van der Waals surface area contributed by atoms with Gasteiger partial charge in [0, 0.05) is 16.8 Å². The van der Waals surface area contributed by atoms with E-state index in [9.17, 15) is 9.90 Å². The Morgan fingerprint density at radius 2 is 2.10 bits per heavy atom. The molecule has 2 N–H and O–H groups in total. The van der Waals surface area contributed by atoms with Gasteiger partial charge in [0.1, 0.15) is 0 Å². The molecule has 1 amide bonds. The zero-order chi connectivity index (χ0) is 14.6. The van der Waals surface area contributed by atoms with E-state index in [1.807, 2.05) is 6.07 Å². The Balaban J connectivity index is 1.83. The van der Waals surface area contributed by atoms with E-state index in [2.05, 4.69) is 30.6 Å². The Labute approximate surface area is 125 Å². The Bertz CT molecular complexity index is 433. The third kappa shape index (κ3) is 4.06. The van der Waals surface area contributed by atoms with E-state index < -0.39 is 5.60 Å². The lowest BCUT2D eigenvalue weighted by molar-refractivity contribution is -0.127. The third-order valence-corrected chi connectivity index (χ3v) is 5.43. The summed E-state index contributed by atoms with van der Waals surface area (Å²) < 4.78 is 0. The first-order chi connectivity index (χ1) is 9.41. The average molecular weight is 295 g/mol. The summed E-state index contributed by atoms with van der Waals surface area (Å²) in [4.78, 5) is 13.3. The molecule has 0 spiro atoms. The maximum absolute atomic E-state index is 12.1. The minimum absolute atomic E-state index is 0.0287. The molecule has 1 aliphatic carbocycles. The van der Waals surface area contributed by atoms with Gasteiger partial charge >= 0.3 is 0 Å². The van der Waals surface area contributed by atoms with Gasteiger partial charge in [0.2, 0.25) is 5.91 Å². The van der Waals surface area contributed by atoms with E-state index in [0.29, 0.717) is 6.54 Å². The smallest absolute Gasteiger partial charge is 0.222 e. The minimum atomic E-state index is -0.768. The molecule has 0 bridgehead atoms. The van der Waals surface area contributed by atoms with Crippen LogP contribution in [0.2, 0.25) is 0 Å². The summed E-state index contributed by atoms with van der Waals surface area (Å²) >= 11 is 1.72. The number of carbonyl (C=O) groups is 1. The van der Waals surface area contributed by atoms with Crippen LogP contribution in [0.1, 0.15) is 57.2 Å². The number of aliphatic hydroxyl groups is 1. The van der Waals surface area contributed by atoms with Gasteiger partial charge in [-0.3, -0.25) is 4.79 Å². The van der Waals surface area contributed by atoms with E-state index in [0.717, 1.165) is 25.7 Å². The molecule has 0 unspecified atom stereocenters. The Hall–Kier alpha value is -0.870. The molecule has 1 aromatic heterocycles. The average Bonchev–Trinajstić information content (AvgIpc) is 2.91. The lowest BCUT2D eigenvalue weighted by atomic mass is 9.82. The summed E-state index contributed by atoms with van der Waals surface area (Å²) in [5, 5.41) is 15.4. The quantitative estimate of drug-likeness (QED) is 0.876. The molecule has 3 nitrogen and oxygen atoms in total. The Morgan fingerprint density at radius 3 is 2.70 bits per heavy atom. The van der Waals surface area contributed by atoms with Crippen molar-refractivity contribution >= 4 is 17.2 Å². The second kappa shape index (κ2) is 6.27. The summed E-state index contributed by atoms with van der Waals surface area (Å²) in [5.41, 5.74) is -0.825. The fourth-order valence-electron chi connectivity index (χ4n) is 2.82. The SMILES string of the molecule is CC(C)(CNC(=O)CC1(O)CCCCC1)c1cccs1. The number of hydrogen-bond acceptors (Lipinski definition) is 3. The monoisotopic (exact) mass is 295 g/mol. The second-order valence-corrected chi connectivity index (χ2v) is 7.55. The lowest BCUT2D eigenvalue weighted by Gasteiger charge is -2.32. The van der Waals surface area contributed by atoms with Crippen LogP contribution in [0.25, 0.3) is 0 Å². The van der Waals surface area contributed by atoms with E-state index in [1.54, 1.807) is 11.3 Å². The van der Waals surface area contributed by atoms with Crippen molar-refractivity contribution in [3.8, 4) is 0 Å². The van der Waals surface area contributed by atoms with Crippen molar-refractivity contribution in [2.45, 2.75) is 63.4 Å². The number of rotatable bonds is 5. The first kappa shape index (κ1) is 15.5. The van der Waals surface area contributed by atoms with Gasteiger partial charge in [0.05, 0.1) is 12.0 Å². The second-order valence-electron chi connectivity index (χ2n) is 6.60. The van der Waals surface area contributed by atoms with Crippen molar-refractivity contribution in [3.63, 3.8) is 0 Å². The van der Waals surface area contributed by atoms with Gasteiger partial charge in [0.15, 0.2) is 0 Å². The normalized spacial score (nSPS) is 18.8. The lowest BCUT2D eigenvalue weighted by Crippen LogP contribution is -2.42. The fourth-order valence-corrected chi connectivity index (χ4v) is 3.67. The molecule has 0 atom stereocenters. The van der Waals surface area contributed by atoms with Crippen molar-refractivity contribution < 1.29 is 9.90 Å². The number of hydrogen-bond donors (Lipinski definition) is 2. The number of amides is 1. The van der Waals surface area contributed by atoms with Crippen molar-refractivity contribution in [3.05, 3.63) is 22.4 Å². The highest BCUT2D eigenvalue weighted by atomic mass is 32.1. The van der Waals surface area contributed by atoms with Crippen LogP contribution in [-0.2, 0) is 10.2 Å². The summed E-state index contributed by atoms with van der Waals surface area (Å²) in [6, 6.07) is 4.14. The van der Waals surface area contributed by atoms with E-state index in [4.69, 9.17) is 0 Å². The van der Waals surface area contributed by atoms with Crippen molar-refractivity contribution in [2.75, 3.05) is 6.54 Å². The van der Waals surface area contributed by atoms with Gasteiger partial charge in [-0.2, -0.15) is 0 Å². The number of carbonyl (C=O) groups excluding carboxylic acids is 1. The maximum Gasteiger partial charge on any atom is 0.222 e. The van der Waals surface area contributed by atoms with Gasteiger partial charge < -0.3 is 10.4 Å². The summed E-state index contributed by atoms with van der Waals surface area (Å²) in [7, 11) is 0. The van der Waals surface area contributed by atoms with Crippen LogP contribution in [0.5, 0.6) is 0 Å². The predicted octanol–water partition coefficient (Wildman–Crippen LogP) is 3.23. The molecule has 1 heterocycles. The molecule has 0 aromatic carbocycles. The predicted molar refractivity (Wildman–Crippen MR) is 83.0 cm³/mol. The molecule has 1 aromatic rings. The van der Waals surface area contributed by atoms with E-state index in [-0.39, 0.29) is 17.7 Å². The molecule has 1 fully saturated rings. The highest BCUT2D eigenvalue weighted by Crippen LogP contribution is 2.31. The largest absolute Gasteiger partial charge is 0.389 e. The first-order valence-corrected chi connectivity index (χ1v) is 8.32. The third-order valence-electron chi connectivity index (χ3n) is 4.19. The zero-order valence-corrected chi connectivity index (χ0v) is 13.3. The topological polar surface area (TPSA) is 49.3 Å². The molecule has 2 rings (SSSR count).